The molecule has 36 heavy (non-hydrogen) atoms. The largest absolute Gasteiger partial charge is 0.444 e. The van der Waals surface area contributed by atoms with Gasteiger partial charge in [0.2, 0.25) is 0 Å². The Morgan fingerprint density at radius 3 is 2.72 bits per heavy atom. The molecule has 0 bridgehead atoms. The number of nitrogens with zero attached hydrogens (tertiary/aromatic N) is 3. The Morgan fingerprint density at radius 1 is 1.19 bits per heavy atom. The highest BCUT2D eigenvalue weighted by Gasteiger charge is 2.29. The summed E-state index contributed by atoms with van der Waals surface area (Å²) in [7, 11) is 0. The van der Waals surface area contributed by atoms with Gasteiger partial charge < -0.3 is 29.9 Å². The lowest BCUT2D eigenvalue weighted by molar-refractivity contribution is -0.0498. The minimum Gasteiger partial charge on any atom is -0.444 e. The number of ether oxygens (including phenoxy) is 2. The summed E-state index contributed by atoms with van der Waals surface area (Å²) in [5, 5.41) is 11.6. The SMILES string of the molecule is O=C(NC1CCN(C(=O)Nc2cccc(OC(F)F)c2)CC1)O[C@@H]1CCN(c2cn[nH]c(=O)c2Cl)C1. The number of nitrogens with one attached hydrogen (secondary N) is 3. The molecule has 3 N–H and O–H groups in total. The number of hydrogen-bond acceptors (Lipinski definition) is 7. The van der Waals surface area contributed by atoms with E-state index in [1.165, 1.54) is 24.4 Å². The van der Waals surface area contributed by atoms with Gasteiger partial charge >= 0.3 is 18.7 Å². The summed E-state index contributed by atoms with van der Waals surface area (Å²) in [6.45, 7) is -1.20. The third-order valence-electron chi connectivity index (χ3n) is 5.95. The number of benzene rings is 1. The van der Waals surface area contributed by atoms with Crippen molar-refractivity contribution in [1.82, 2.24) is 20.4 Å². The number of urea groups is 1. The van der Waals surface area contributed by atoms with E-state index in [-0.39, 0.29) is 28.9 Å². The highest BCUT2D eigenvalue weighted by Crippen LogP contribution is 2.26. The molecule has 2 aliphatic heterocycles. The average Bonchev–Trinajstić information content (AvgIpc) is 3.29. The molecule has 11 nitrogen and oxygen atoms in total. The molecule has 14 heteroatoms. The number of H-pyrrole nitrogens is 1. The Hall–Kier alpha value is -3.61. The topological polar surface area (TPSA) is 129 Å². The fourth-order valence-corrected chi connectivity index (χ4v) is 4.38. The summed E-state index contributed by atoms with van der Waals surface area (Å²) in [6, 6.07) is 5.24. The number of alkyl halides is 2. The fraction of sp³-hybridized carbons (Fsp3) is 0.455. The molecule has 3 heterocycles. The number of carbonyl (C=O) groups excluding carboxylic acids is 2. The standard InChI is InChI=1S/C22H25ClF2N6O5/c23-18-17(11-26-29-19(18)32)31-9-6-16(12-31)36-22(34)28-13-4-7-30(8-5-13)21(33)27-14-2-1-3-15(10-14)35-20(24)25/h1-3,10-11,13,16,20H,4-9,12H2,(H,27,33)(H,28,34)(H,29,32)/t16-/m1/s1. The zero-order valence-corrected chi connectivity index (χ0v) is 19.8. The maximum absolute atomic E-state index is 12.5. The lowest BCUT2D eigenvalue weighted by Gasteiger charge is -2.32. The number of carbonyl (C=O) groups is 2. The van der Waals surface area contributed by atoms with Gasteiger partial charge in [-0.3, -0.25) is 4.79 Å². The van der Waals surface area contributed by atoms with Crippen molar-refractivity contribution in [2.45, 2.75) is 38.0 Å². The van der Waals surface area contributed by atoms with Crippen molar-refractivity contribution in [3.8, 4) is 5.75 Å². The third kappa shape index (κ3) is 6.53. The molecule has 0 saturated carbocycles. The van der Waals surface area contributed by atoms with Gasteiger partial charge in [0.25, 0.3) is 5.56 Å². The number of anilines is 2. The van der Waals surface area contributed by atoms with E-state index >= 15 is 0 Å². The fourth-order valence-electron chi connectivity index (χ4n) is 4.17. The summed E-state index contributed by atoms with van der Waals surface area (Å²) >= 11 is 6.05. The van der Waals surface area contributed by atoms with Crippen molar-refractivity contribution in [3.05, 3.63) is 45.8 Å². The number of aromatic nitrogens is 2. The number of aromatic amines is 1. The normalized spacial score (nSPS) is 18.3. The first-order valence-electron chi connectivity index (χ1n) is 11.3. The lowest BCUT2D eigenvalue weighted by atomic mass is 10.1. The van der Waals surface area contributed by atoms with Gasteiger partial charge in [-0.05, 0) is 25.0 Å². The van der Waals surface area contributed by atoms with Crippen LogP contribution in [0.5, 0.6) is 5.75 Å². The van der Waals surface area contributed by atoms with Gasteiger partial charge in [0.15, 0.2) is 0 Å². The van der Waals surface area contributed by atoms with Crippen molar-refractivity contribution >= 4 is 35.1 Å². The van der Waals surface area contributed by atoms with E-state index < -0.39 is 18.3 Å². The molecule has 1 aromatic heterocycles. The van der Waals surface area contributed by atoms with Crippen LogP contribution in [-0.4, -0.2) is 72.2 Å². The Labute approximate surface area is 209 Å². The number of rotatable bonds is 6. The van der Waals surface area contributed by atoms with Crippen LogP contribution in [0.3, 0.4) is 0 Å². The first-order chi connectivity index (χ1) is 17.3. The van der Waals surface area contributed by atoms with Gasteiger partial charge in [-0.25, -0.2) is 14.7 Å². The first kappa shape index (κ1) is 25.5. The quantitative estimate of drug-likeness (QED) is 0.527. The second-order valence-electron chi connectivity index (χ2n) is 8.40. The van der Waals surface area contributed by atoms with E-state index in [0.717, 1.165) is 0 Å². The Morgan fingerprint density at radius 2 is 1.97 bits per heavy atom. The minimum atomic E-state index is -2.95. The number of alkyl carbamates (subject to hydrolysis) is 1. The molecule has 4 rings (SSSR count). The van der Waals surface area contributed by atoms with Gasteiger partial charge in [0.1, 0.15) is 16.9 Å². The van der Waals surface area contributed by atoms with Crippen molar-refractivity contribution in [3.63, 3.8) is 0 Å². The van der Waals surface area contributed by atoms with E-state index in [1.807, 2.05) is 4.90 Å². The van der Waals surface area contributed by atoms with Crippen molar-refractivity contribution in [1.29, 1.82) is 0 Å². The molecule has 3 amide bonds. The summed E-state index contributed by atoms with van der Waals surface area (Å²) in [6.07, 6.45) is 2.19. The van der Waals surface area contributed by atoms with Crippen molar-refractivity contribution in [2.75, 3.05) is 36.4 Å². The van der Waals surface area contributed by atoms with Crippen LogP contribution in [0.1, 0.15) is 19.3 Å². The Kier molecular flexibility index (Phi) is 8.08. The maximum Gasteiger partial charge on any atom is 0.407 e. The molecule has 0 spiro atoms. The van der Waals surface area contributed by atoms with Crippen LogP contribution in [-0.2, 0) is 4.74 Å². The van der Waals surface area contributed by atoms with E-state index in [1.54, 1.807) is 11.0 Å². The Bertz CT molecular complexity index is 1140. The van der Waals surface area contributed by atoms with Crippen LogP contribution in [0.2, 0.25) is 5.02 Å². The predicted molar refractivity (Wildman–Crippen MR) is 127 cm³/mol. The summed E-state index contributed by atoms with van der Waals surface area (Å²) in [4.78, 5) is 40.0. The Balaban J connectivity index is 1.19. The molecule has 2 aromatic rings. The molecule has 2 fully saturated rings. The van der Waals surface area contributed by atoms with Gasteiger partial charge in [0.05, 0.1) is 18.4 Å². The zero-order valence-electron chi connectivity index (χ0n) is 19.1. The third-order valence-corrected chi connectivity index (χ3v) is 6.32. The van der Waals surface area contributed by atoms with Gasteiger partial charge in [-0.2, -0.15) is 13.9 Å². The van der Waals surface area contributed by atoms with Crippen LogP contribution >= 0.6 is 11.6 Å². The highest BCUT2D eigenvalue weighted by molar-refractivity contribution is 6.33. The van der Waals surface area contributed by atoms with Crippen molar-refractivity contribution in [2.24, 2.45) is 0 Å². The summed E-state index contributed by atoms with van der Waals surface area (Å²) in [5.41, 5.74) is 0.348. The molecule has 0 aliphatic carbocycles. The number of likely N-dealkylation sites (tertiary alicyclic amines) is 1. The maximum atomic E-state index is 12.5. The monoisotopic (exact) mass is 526 g/mol. The van der Waals surface area contributed by atoms with Crippen LogP contribution in [0, 0.1) is 0 Å². The number of piperidine rings is 1. The van der Waals surface area contributed by atoms with Crippen LogP contribution in [0.4, 0.5) is 29.7 Å². The van der Waals surface area contributed by atoms with Crippen molar-refractivity contribution < 1.29 is 27.8 Å². The number of hydrogen-bond donors (Lipinski definition) is 3. The van der Waals surface area contributed by atoms with Gasteiger partial charge in [-0.1, -0.05) is 17.7 Å². The minimum absolute atomic E-state index is 0.0418. The van der Waals surface area contributed by atoms with Crippen LogP contribution < -0.4 is 25.8 Å². The second kappa shape index (κ2) is 11.4. The zero-order chi connectivity index (χ0) is 25.7. The second-order valence-corrected chi connectivity index (χ2v) is 8.78. The van der Waals surface area contributed by atoms with Gasteiger partial charge in [-0.15, -0.1) is 0 Å². The smallest absolute Gasteiger partial charge is 0.407 e. The van der Waals surface area contributed by atoms with E-state index in [2.05, 4.69) is 25.6 Å². The van der Waals surface area contributed by atoms with Gasteiger partial charge in [0, 0.05) is 43.9 Å². The molecule has 194 valence electrons. The summed E-state index contributed by atoms with van der Waals surface area (Å²) < 4.78 is 34.6. The first-order valence-corrected chi connectivity index (χ1v) is 11.7. The van der Waals surface area contributed by atoms with Crippen LogP contribution in [0.25, 0.3) is 0 Å². The van der Waals surface area contributed by atoms with E-state index in [0.29, 0.717) is 56.8 Å². The molecular formula is C22H25ClF2N6O5. The molecule has 0 radical (unpaired) electrons. The highest BCUT2D eigenvalue weighted by atomic mass is 35.5. The predicted octanol–water partition coefficient (Wildman–Crippen LogP) is 3.03. The molecule has 2 saturated heterocycles. The number of halogens is 3. The molecular weight excluding hydrogens is 502 g/mol. The molecule has 2 aliphatic rings. The van der Waals surface area contributed by atoms with Crippen LogP contribution in [0.15, 0.2) is 35.3 Å². The summed E-state index contributed by atoms with van der Waals surface area (Å²) in [5.74, 6) is -0.0493. The average molecular weight is 527 g/mol. The van der Waals surface area contributed by atoms with E-state index in [4.69, 9.17) is 16.3 Å². The molecule has 1 aromatic carbocycles. The molecule has 0 unspecified atom stereocenters. The lowest BCUT2D eigenvalue weighted by Crippen LogP contribution is -2.48. The number of amides is 3. The van der Waals surface area contributed by atoms with E-state index in [9.17, 15) is 23.2 Å². The molecule has 1 atom stereocenters.